The Morgan fingerprint density at radius 3 is 1.95 bits per heavy atom. The van der Waals surface area contributed by atoms with Gasteiger partial charge in [0.05, 0.1) is 14.9 Å². The minimum atomic E-state index is -0.314. The molecule has 3 aliphatic rings. The van der Waals surface area contributed by atoms with Crippen LogP contribution < -0.4 is 0 Å². The maximum Gasteiger partial charge on any atom is 0.0613 e. The van der Waals surface area contributed by atoms with Crippen molar-refractivity contribution in [2.24, 2.45) is 11.8 Å². The van der Waals surface area contributed by atoms with E-state index in [9.17, 15) is 0 Å². The second kappa shape index (κ2) is 4.51. The van der Waals surface area contributed by atoms with Gasteiger partial charge >= 0.3 is 0 Å². The average Bonchev–Trinajstić information content (AvgIpc) is 2.75. The van der Waals surface area contributed by atoms with Gasteiger partial charge in [-0.05, 0) is 72.6 Å². The first-order valence-corrected chi connectivity index (χ1v) is 9.35. The molecule has 2 bridgehead atoms. The van der Waals surface area contributed by atoms with Crippen LogP contribution in [-0.2, 0) is 0 Å². The molecule has 3 nitrogen and oxygen atoms in total. The molecule has 3 rings (SSSR count). The molecule has 1 N–H and O–H groups in total. The minimum absolute atomic E-state index is 0.232. The predicted octanol–water partition coefficient (Wildman–Crippen LogP) is 4.29. The van der Waals surface area contributed by atoms with E-state index in [1.165, 1.54) is 19.3 Å². The van der Waals surface area contributed by atoms with Crippen molar-refractivity contribution in [1.82, 2.24) is 9.34 Å². The van der Waals surface area contributed by atoms with Crippen molar-refractivity contribution in [2.45, 2.75) is 77.5 Å². The van der Waals surface area contributed by atoms with Gasteiger partial charge in [0.1, 0.15) is 0 Å². The zero-order valence-electron chi connectivity index (χ0n) is 13.9. The lowest BCUT2D eigenvalue weighted by atomic mass is 9.98. The molecule has 0 spiro atoms. The predicted molar refractivity (Wildman–Crippen MR) is 87.3 cm³/mol. The van der Waals surface area contributed by atoms with Crippen LogP contribution in [0.15, 0.2) is 0 Å². The smallest absolute Gasteiger partial charge is 0.0613 e. The zero-order valence-corrected chi connectivity index (χ0v) is 14.8. The van der Waals surface area contributed by atoms with Crippen LogP contribution in [0.5, 0.6) is 0 Å². The van der Waals surface area contributed by atoms with Crippen molar-refractivity contribution in [3.05, 3.63) is 0 Å². The molecule has 0 aromatic rings. The van der Waals surface area contributed by atoms with E-state index in [1.807, 2.05) is 0 Å². The highest BCUT2D eigenvalue weighted by atomic mass is 31.1. The molecule has 1 saturated heterocycles. The molecule has 0 aromatic carbocycles. The summed E-state index contributed by atoms with van der Waals surface area (Å²) >= 11 is 0. The first kappa shape index (κ1) is 14.9. The molecule has 20 heavy (non-hydrogen) atoms. The first-order valence-electron chi connectivity index (χ1n) is 8.03. The topological polar surface area (TPSA) is 30.3 Å². The van der Waals surface area contributed by atoms with Crippen LogP contribution in [0.3, 0.4) is 0 Å². The standard InChI is InChI=1S/C16H30N3P/c1-15(2,3)18-10-19(16(4,5)6)20(18)14-12-8-7-11(9-12)13(14)17/h11-12,14,17H,7-10H2,1-6H3. The van der Waals surface area contributed by atoms with Crippen LogP contribution in [0.25, 0.3) is 0 Å². The van der Waals surface area contributed by atoms with Gasteiger partial charge in [0, 0.05) is 22.4 Å². The highest BCUT2D eigenvalue weighted by molar-refractivity contribution is 7.56. The molecule has 0 aromatic heterocycles. The van der Waals surface area contributed by atoms with Crippen molar-refractivity contribution in [1.29, 1.82) is 5.41 Å². The Kier molecular flexibility index (Phi) is 3.37. The molecule has 3 unspecified atom stereocenters. The fraction of sp³-hybridized carbons (Fsp3) is 0.938. The Balaban J connectivity index is 1.88. The maximum absolute atomic E-state index is 8.61. The molecular weight excluding hydrogens is 265 g/mol. The van der Waals surface area contributed by atoms with Crippen molar-refractivity contribution < 1.29 is 0 Å². The van der Waals surface area contributed by atoms with Crippen molar-refractivity contribution in [2.75, 3.05) is 6.67 Å². The molecule has 2 saturated carbocycles. The van der Waals surface area contributed by atoms with Gasteiger partial charge < -0.3 is 5.41 Å². The van der Waals surface area contributed by atoms with Crippen LogP contribution in [0, 0.1) is 17.2 Å². The second-order valence-corrected chi connectivity index (χ2v) is 10.9. The molecule has 114 valence electrons. The van der Waals surface area contributed by atoms with Gasteiger partial charge in [-0.2, -0.15) is 0 Å². The molecule has 3 atom stereocenters. The number of rotatable bonds is 1. The average molecular weight is 295 g/mol. The lowest BCUT2D eigenvalue weighted by Gasteiger charge is -2.63. The summed E-state index contributed by atoms with van der Waals surface area (Å²) < 4.78 is 5.38. The third-order valence-electron chi connectivity index (χ3n) is 5.24. The largest absolute Gasteiger partial charge is 0.309 e. The van der Waals surface area contributed by atoms with Crippen molar-refractivity contribution in [3.63, 3.8) is 0 Å². The molecule has 1 aliphatic heterocycles. The van der Waals surface area contributed by atoms with E-state index in [1.54, 1.807) is 0 Å². The van der Waals surface area contributed by atoms with Gasteiger partial charge in [-0.1, -0.05) is 0 Å². The van der Waals surface area contributed by atoms with Gasteiger partial charge in [-0.3, -0.25) is 9.34 Å². The van der Waals surface area contributed by atoms with Crippen LogP contribution in [0.4, 0.5) is 0 Å². The fourth-order valence-electron chi connectivity index (χ4n) is 4.05. The van der Waals surface area contributed by atoms with E-state index in [0.29, 0.717) is 11.6 Å². The molecule has 0 radical (unpaired) electrons. The summed E-state index contributed by atoms with van der Waals surface area (Å²) in [5.74, 6) is 1.42. The van der Waals surface area contributed by atoms with Crippen molar-refractivity contribution >= 4 is 13.9 Å². The van der Waals surface area contributed by atoms with E-state index in [4.69, 9.17) is 5.41 Å². The number of nitrogens with one attached hydrogen (secondary N) is 1. The Hall–Kier alpha value is 0.0200. The Labute approximate surface area is 125 Å². The van der Waals surface area contributed by atoms with Gasteiger partial charge in [0.25, 0.3) is 0 Å². The van der Waals surface area contributed by atoms with Crippen LogP contribution in [-0.4, -0.2) is 38.5 Å². The van der Waals surface area contributed by atoms with E-state index in [2.05, 4.69) is 50.9 Å². The highest BCUT2D eigenvalue weighted by Gasteiger charge is 2.57. The summed E-state index contributed by atoms with van der Waals surface area (Å²) in [7, 11) is -0.314. The molecule has 1 heterocycles. The number of nitrogens with zero attached hydrogens (tertiary/aromatic N) is 2. The lowest BCUT2D eigenvalue weighted by molar-refractivity contribution is 0.0741. The Morgan fingerprint density at radius 2 is 1.55 bits per heavy atom. The van der Waals surface area contributed by atoms with Gasteiger partial charge in [-0.15, -0.1) is 0 Å². The van der Waals surface area contributed by atoms with E-state index < -0.39 is 0 Å². The summed E-state index contributed by atoms with van der Waals surface area (Å²) in [4.78, 5) is 0. The van der Waals surface area contributed by atoms with E-state index >= 15 is 0 Å². The Bertz CT molecular complexity index is 400. The maximum atomic E-state index is 8.61. The SMILES string of the molecule is CC(C)(C)N1CN(C(C)(C)C)P1C1C(=N)C2CCC1C2. The first-order chi connectivity index (χ1) is 9.10. The summed E-state index contributed by atoms with van der Waals surface area (Å²) in [5, 5.41) is 8.61. The molecular formula is C16H30N3P. The normalized spacial score (nSPS) is 36.7. The summed E-state index contributed by atoms with van der Waals surface area (Å²) in [6.07, 6.45) is 3.96. The third-order valence-corrected chi connectivity index (χ3v) is 8.88. The number of fused-ring (bicyclic) bond motifs is 2. The number of hydrogen-bond donors (Lipinski definition) is 1. The minimum Gasteiger partial charge on any atom is -0.309 e. The quantitative estimate of drug-likeness (QED) is 0.731. The number of hydrogen-bond acceptors (Lipinski definition) is 3. The van der Waals surface area contributed by atoms with E-state index in [0.717, 1.165) is 18.3 Å². The second-order valence-electron chi connectivity index (χ2n) is 8.77. The molecule has 0 amide bonds. The van der Waals surface area contributed by atoms with Crippen molar-refractivity contribution in [3.8, 4) is 0 Å². The fourth-order valence-corrected chi connectivity index (χ4v) is 7.56. The molecule has 3 fully saturated rings. The van der Waals surface area contributed by atoms with Crippen LogP contribution >= 0.6 is 8.22 Å². The van der Waals surface area contributed by atoms with Gasteiger partial charge in [0.15, 0.2) is 0 Å². The lowest BCUT2D eigenvalue weighted by Crippen LogP contribution is -2.62. The molecule has 4 heteroatoms. The van der Waals surface area contributed by atoms with Gasteiger partial charge in [-0.25, -0.2) is 0 Å². The monoisotopic (exact) mass is 295 g/mol. The van der Waals surface area contributed by atoms with Gasteiger partial charge in [0.2, 0.25) is 0 Å². The summed E-state index contributed by atoms with van der Waals surface area (Å²) in [6, 6.07) is 0. The van der Waals surface area contributed by atoms with Crippen LogP contribution in [0.2, 0.25) is 0 Å². The van der Waals surface area contributed by atoms with E-state index in [-0.39, 0.29) is 19.3 Å². The Morgan fingerprint density at radius 1 is 1.00 bits per heavy atom. The molecule has 2 aliphatic carbocycles. The third kappa shape index (κ3) is 2.17. The summed E-state index contributed by atoms with van der Waals surface area (Å²) in [6.45, 7) is 15.1. The highest BCUT2D eigenvalue weighted by Crippen LogP contribution is 2.68. The van der Waals surface area contributed by atoms with Crippen LogP contribution in [0.1, 0.15) is 60.8 Å². The zero-order chi connectivity index (χ0) is 14.9. The summed E-state index contributed by atoms with van der Waals surface area (Å²) in [5.41, 5.74) is 2.11.